The topological polar surface area (TPSA) is 52.0 Å². The minimum atomic E-state index is -0.242. The van der Waals surface area contributed by atoms with Crippen LogP contribution in [-0.2, 0) is 6.42 Å². The molecule has 0 saturated heterocycles. The normalized spacial score (nSPS) is 10.6. The van der Waals surface area contributed by atoms with E-state index in [1.54, 1.807) is 12.1 Å². The summed E-state index contributed by atoms with van der Waals surface area (Å²) in [7, 11) is 0. The maximum Gasteiger partial charge on any atom is 0.138 e. The zero-order chi connectivity index (χ0) is 13.7. The minimum absolute atomic E-state index is 0.242. The Balaban J connectivity index is 1.81. The van der Waals surface area contributed by atoms with E-state index in [1.165, 1.54) is 23.4 Å². The number of nitrogen functional groups attached to an aromatic ring is 2. The van der Waals surface area contributed by atoms with Crippen molar-refractivity contribution < 1.29 is 4.39 Å². The van der Waals surface area contributed by atoms with E-state index in [0.29, 0.717) is 10.6 Å². The molecule has 0 bridgehead atoms. The highest BCUT2D eigenvalue weighted by atomic mass is 32.2. The lowest BCUT2D eigenvalue weighted by molar-refractivity contribution is 0.602. The molecule has 0 spiro atoms. The van der Waals surface area contributed by atoms with Crippen LogP contribution in [0.5, 0.6) is 0 Å². The van der Waals surface area contributed by atoms with E-state index in [2.05, 4.69) is 6.07 Å². The molecule has 2 nitrogen and oxygen atoms in total. The van der Waals surface area contributed by atoms with Gasteiger partial charge < -0.3 is 11.5 Å². The van der Waals surface area contributed by atoms with E-state index in [0.717, 1.165) is 24.3 Å². The molecule has 0 amide bonds. The van der Waals surface area contributed by atoms with Crippen LogP contribution in [0.15, 0.2) is 47.4 Å². The Morgan fingerprint density at radius 3 is 2.53 bits per heavy atom. The molecule has 100 valence electrons. The fraction of sp³-hybridized carbons (Fsp3) is 0.200. The smallest absolute Gasteiger partial charge is 0.138 e. The fourth-order valence-electron chi connectivity index (χ4n) is 1.84. The van der Waals surface area contributed by atoms with Gasteiger partial charge in [0.15, 0.2) is 0 Å². The van der Waals surface area contributed by atoms with Crippen molar-refractivity contribution in [3.8, 4) is 0 Å². The molecule has 0 radical (unpaired) electrons. The Kier molecular flexibility index (Phi) is 4.68. The number of hydrogen-bond donors (Lipinski definition) is 2. The Bertz CT molecular complexity index is 558. The molecule has 2 aromatic rings. The van der Waals surface area contributed by atoms with E-state index in [-0.39, 0.29) is 5.82 Å². The van der Waals surface area contributed by atoms with Crippen molar-refractivity contribution in [3.05, 3.63) is 53.8 Å². The number of anilines is 2. The zero-order valence-corrected chi connectivity index (χ0v) is 11.4. The van der Waals surface area contributed by atoms with Crippen LogP contribution >= 0.6 is 11.8 Å². The molecular formula is C15H17FN2S. The lowest BCUT2D eigenvalue weighted by Gasteiger charge is -2.05. The molecule has 0 aliphatic heterocycles. The standard InChI is InChI=1S/C15H17FN2S/c16-14-10-13(18)6-7-15(14)19-8-2-4-11-3-1-5-12(17)9-11/h1,3,5-7,9-10H,2,4,8,17-18H2. The summed E-state index contributed by atoms with van der Waals surface area (Å²) in [6, 6.07) is 12.7. The van der Waals surface area contributed by atoms with Crippen molar-refractivity contribution in [2.75, 3.05) is 17.2 Å². The van der Waals surface area contributed by atoms with Crippen molar-refractivity contribution in [2.45, 2.75) is 17.7 Å². The molecule has 0 heterocycles. The summed E-state index contributed by atoms with van der Waals surface area (Å²) in [5.41, 5.74) is 13.7. The zero-order valence-electron chi connectivity index (χ0n) is 10.6. The van der Waals surface area contributed by atoms with E-state index in [9.17, 15) is 4.39 Å². The second-order valence-electron chi connectivity index (χ2n) is 4.39. The van der Waals surface area contributed by atoms with Crippen molar-refractivity contribution >= 4 is 23.1 Å². The average molecular weight is 276 g/mol. The van der Waals surface area contributed by atoms with Crippen LogP contribution in [0.25, 0.3) is 0 Å². The van der Waals surface area contributed by atoms with Gasteiger partial charge in [0.25, 0.3) is 0 Å². The van der Waals surface area contributed by atoms with Crippen LogP contribution in [0.3, 0.4) is 0 Å². The molecule has 0 unspecified atom stereocenters. The molecule has 0 fully saturated rings. The summed E-state index contributed by atoms with van der Waals surface area (Å²) in [4.78, 5) is 0.654. The first kappa shape index (κ1) is 13.7. The number of halogens is 1. The second kappa shape index (κ2) is 6.48. The van der Waals surface area contributed by atoms with Gasteiger partial charge >= 0.3 is 0 Å². The third-order valence-electron chi connectivity index (χ3n) is 2.77. The van der Waals surface area contributed by atoms with Crippen molar-refractivity contribution in [3.63, 3.8) is 0 Å². The van der Waals surface area contributed by atoms with Crippen LogP contribution in [-0.4, -0.2) is 5.75 Å². The average Bonchev–Trinajstić information content (AvgIpc) is 2.37. The van der Waals surface area contributed by atoms with Crippen LogP contribution in [0.2, 0.25) is 0 Å². The Hall–Kier alpha value is -1.68. The van der Waals surface area contributed by atoms with Crippen LogP contribution in [0.4, 0.5) is 15.8 Å². The Morgan fingerprint density at radius 1 is 1.00 bits per heavy atom. The molecule has 0 aliphatic rings. The molecule has 4 N–H and O–H groups in total. The predicted octanol–water partition coefficient (Wildman–Crippen LogP) is 3.72. The molecule has 0 aromatic heterocycles. The molecule has 4 heteroatoms. The number of rotatable bonds is 5. The third kappa shape index (κ3) is 4.17. The van der Waals surface area contributed by atoms with Crippen molar-refractivity contribution in [1.29, 1.82) is 0 Å². The molecular weight excluding hydrogens is 259 g/mol. The summed E-state index contributed by atoms with van der Waals surface area (Å²) in [5, 5.41) is 0. The second-order valence-corrected chi connectivity index (χ2v) is 5.52. The first-order valence-corrected chi connectivity index (χ1v) is 7.16. The van der Waals surface area contributed by atoms with Gasteiger partial charge in [0.1, 0.15) is 5.82 Å². The van der Waals surface area contributed by atoms with Crippen LogP contribution < -0.4 is 11.5 Å². The maximum atomic E-state index is 13.5. The van der Waals surface area contributed by atoms with Crippen LogP contribution in [0.1, 0.15) is 12.0 Å². The van der Waals surface area contributed by atoms with E-state index >= 15 is 0 Å². The molecule has 2 rings (SSSR count). The number of hydrogen-bond acceptors (Lipinski definition) is 3. The highest BCUT2D eigenvalue weighted by Gasteiger charge is 2.03. The summed E-state index contributed by atoms with van der Waals surface area (Å²) in [5.74, 6) is 0.629. The Labute approximate surface area is 117 Å². The first-order valence-electron chi connectivity index (χ1n) is 6.17. The van der Waals surface area contributed by atoms with Gasteiger partial charge in [0.05, 0.1) is 0 Å². The SMILES string of the molecule is Nc1cccc(CCCSc2ccc(N)cc2F)c1. The highest BCUT2D eigenvalue weighted by molar-refractivity contribution is 7.99. The molecule has 2 aromatic carbocycles. The highest BCUT2D eigenvalue weighted by Crippen LogP contribution is 2.24. The minimum Gasteiger partial charge on any atom is -0.399 e. The fourth-order valence-corrected chi connectivity index (χ4v) is 2.71. The first-order chi connectivity index (χ1) is 9.15. The van der Waals surface area contributed by atoms with Gasteiger partial charge in [-0.05, 0) is 54.5 Å². The van der Waals surface area contributed by atoms with E-state index in [4.69, 9.17) is 11.5 Å². The van der Waals surface area contributed by atoms with Gasteiger partial charge in [-0.3, -0.25) is 0 Å². The lowest BCUT2D eigenvalue weighted by Crippen LogP contribution is -1.92. The Morgan fingerprint density at radius 2 is 1.79 bits per heavy atom. The van der Waals surface area contributed by atoms with Gasteiger partial charge in [-0.1, -0.05) is 12.1 Å². The van der Waals surface area contributed by atoms with E-state index < -0.39 is 0 Å². The predicted molar refractivity (Wildman–Crippen MR) is 80.7 cm³/mol. The monoisotopic (exact) mass is 276 g/mol. The van der Waals surface area contributed by atoms with Gasteiger partial charge in [0.2, 0.25) is 0 Å². The van der Waals surface area contributed by atoms with Gasteiger partial charge in [-0.25, -0.2) is 4.39 Å². The summed E-state index contributed by atoms with van der Waals surface area (Å²) in [6.45, 7) is 0. The number of aryl methyl sites for hydroxylation is 1. The number of nitrogens with two attached hydrogens (primary N) is 2. The summed E-state index contributed by atoms with van der Waals surface area (Å²) < 4.78 is 13.5. The third-order valence-corrected chi connectivity index (χ3v) is 3.91. The largest absolute Gasteiger partial charge is 0.399 e. The van der Waals surface area contributed by atoms with E-state index in [1.807, 2.05) is 18.2 Å². The summed E-state index contributed by atoms with van der Waals surface area (Å²) in [6.07, 6.45) is 1.94. The van der Waals surface area contributed by atoms with Crippen molar-refractivity contribution in [1.82, 2.24) is 0 Å². The molecule has 0 aliphatic carbocycles. The van der Waals surface area contributed by atoms with Gasteiger partial charge in [-0.2, -0.15) is 0 Å². The van der Waals surface area contributed by atoms with Crippen molar-refractivity contribution in [2.24, 2.45) is 0 Å². The maximum absolute atomic E-state index is 13.5. The quantitative estimate of drug-likeness (QED) is 0.497. The van der Waals surface area contributed by atoms with Gasteiger partial charge in [0, 0.05) is 16.3 Å². The number of benzene rings is 2. The molecule has 19 heavy (non-hydrogen) atoms. The molecule has 0 saturated carbocycles. The van der Waals surface area contributed by atoms with Gasteiger partial charge in [-0.15, -0.1) is 11.8 Å². The number of thioether (sulfide) groups is 1. The summed E-state index contributed by atoms with van der Waals surface area (Å²) >= 11 is 1.52. The van der Waals surface area contributed by atoms with Crippen LogP contribution in [0, 0.1) is 5.82 Å². The molecule has 0 atom stereocenters. The lowest BCUT2D eigenvalue weighted by atomic mass is 10.1.